The first-order valence-electron chi connectivity index (χ1n) is 9.10. The van der Waals surface area contributed by atoms with E-state index in [1.54, 1.807) is 6.26 Å². The Labute approximate surface area is 147 Å². The van der Waals surface area contributed by atoms with Gasteiger partial charge in [0, 0.05) is 37.7 Å². The highest BCUT2D eigenvalue weighted by Gasteiger charge is 2.50. The van der Waals surface area contributed by atoms with E-state index in [0.717, 1.165) is 38.9 Å². The smallest absolute Gasteiger partial charge is 0.411 e. The summed E-state index contributed by atoms with van der Waals surface area (Å²) in [6, 6.07) is 10.8. The molecule has 5 nitrogen and oxygen atoms in total. The first-order valence-corrected chi connectivity index (χ1v) is 9.10. The second-order valence-electron chi connectivity index (χ2n) is 7.32. The van der Waals surface area contributed by atoms with Crippen LogP contribution < -0.4 is 0 Å². The number of rotatable bonds is 3. The minimum Gasteiger partial charge on any atom is -0.472 e. The number of amides is 1. The Kier molecular flexibility index (Phi) is 3.55. The Morgan fingerprint density at radius 1 is 1.12 bits per heavy atom. The van der Waals surface area contributed by atoms with E-state index >= 15 is 0 Å². The molecule has 0 N–H and O–H groups in total. The number of ether oxygens (including phenoxy) is 1. The zero-order chi connectivity index (χ0) is 16.8. The molecule has 2 aliphatic heterocycles. The molecule has 1 amide bonds. The van der Waals surface area contributed by atoms with Crippen LogP contribution in [0.15, 0.2) is 47.3 Å². The summed E-state index contributed by atoms with van der Waals surface area (Å²) >= 11 is 0. The average molecular weight is 338 g/mol. The molecule has 2 atom stereocenters. The maximum atomic E-state index is 12.5. The van der Waals surface area contributed by atoms with E-state index in [0.29, 0.717) is 0 Å². The lowest BCUT2D eigenvalue weighted by Crippen LogP contribution is -2.46. The molecular weight excluding hydrogens is 316 g/mol. The van der Waals surface area contributed by atoms with E-state index in [2.05, 4.69) is 29.2 Å². The number of fused-ring (bicyclic) bond motifs is 3. The molecule has 3 aliphatic rings. The number of furan rings is 1. The minimum absolute atomic E-state index is 0.00569. The molecule has 0 unspecified atom stereocenters. The van der Waals surface area contributed by atoms with Crippen molar-refractivity contribution >= 4 is 6.09 Å². The fraction of sp³-hybridized carbons (Fsp3) is 0.450. The quantitative estimate of drug-likeness (QED) is 0.861. The van der Waals surface area contributed by atoms with Gasteiger partial charge in [-0.2, -0.15) is 0 Å². The van der Waals surface area contributed by atoms with E-state index in [1.807, 2.05) is 17.2 Å². The number of nitrogens with zero attached hydrogens (tertiary/aromatic N) is 2. The molecule has 1 aromatic carbocycles. The van der Waals surface area contributed by atoms with Crippen LogP contribution in [-0.2, 0) is 17.7 Å². The van der Waals surface area contributed by atoms with Gasteiger partial charge in [0.1, 0.15) is 6.10 Å². The number of benzene rings is 1. The number of likely N-dealkylation sites (tertiary alicyclic amines) is 1. The molecule has 0 radical (unpaired) electrons. The van der Waals surface area contributed by atoms with Gasteiger partial charge in [-0.3, -0.25) is 9.80 Å². The molecule has 0 spiro atoms. The highest BCUT2D eigenvalue weighted by Crippen LogP contribution is 2.44. The zero-order valence-corrected chi connectivity index (χ0v) is 14.1. The lowest BCUT2D eigenvalue weighted by atomic mass is 9.99. The fourth-order valence-electron chi connectivity index (χ4n) is 4.65. The number of hydrogen-bond donors (Lipinski definition) is 0. The summed E-state index contributed by atoms with van der Waals surface area (Å²) in [5.41, 5.74) is 3.82. The Morgan fingerprint density at radius 2 is 1.96 bits per heavy atom. The average Bonchev–Trinajstić information content (AvgIpc) is 3.31. The van der Waals surface area contributed by atoms with E-state index in [-0.39, 0.29) is 24.3 Å². The normalized spacial score (nSPS) is 26.6. The Hall–Kier alpha value is -2.27. The van der Waals surface area contributed by atoms with Crippen molar-refractivity contribution in [3.8, 4) is 0 Å². The van der Waals surface area contributed by atoms with Crippen molar-refractivity contribution in [2.24, 2.45) is 0 Å². The summed E-state index contributed by atoms with van der Waals surface area (Å²) in [4.78, 5) is 17.0. The standard InChI is InChI=1S/C20H22N2O3/c23-20-22(19-17-4-2-1-3-15(17)11-18(19)25-20)16-5-8-21(9-6-16)12-14-7-10-24-13-14/h1-4,7,10,13,16,18-19H,5-6,8-9,11-12H2/t18-,19+/m0/s1. The van der Waals surface area contributed by atoms with Gasteiger partial charge in [-0.1, -0.05) is 24.3 Å². The summed E-state index contributed by atoms with van der Waals surface area (Å²) in [6.45, 7) is 2.92. The molecule has 5 rings (SSSR count). The first-order chi connectivity index (χ1) is 12.3. The summed E-state index contributed by atoms with van der Waals surface area (Å²) in [6.07, 6.45) is 6.25. The number of piperidine rings is 1. The van der Waals surface area contributed by atoms with Crippen LogP contribution >= 0.6 is 0 Å². The van der Waals surface area contributed by atoms with Gasteiger partial charge in [0.15, 0.2) is 0 Å². The van der Waals surface area contributed by atoms with Gasteiger partial charge in [0.05, 0.1) is 18.6 Å². The molecule has 1 aromatic heterocycles. The minimum atomic E-state index is -0.127. The van der Waals surface area contributed by atoms with Crippen LogP contribution in [-0.4, -0.2) is 41.1 Å². The Balaban J connectivity index is 1.30. The highest BCUT2D eigenvalue weighted by atomic mass is 16.6. The van der Waals surface area contributed by atoms with Crippen LogP contribution in [0.1, 0.15) is 35.6 Å². The molecule has 0 bridgehead atoms. The summed E-state index contributed by atoms with van der Waals surface area (Å²) in [5, 5.41) is 0. The topological polar surface area (TPSA) is 45.9 Å². The molecule has 2 saturated heterocycles. The lowest BCUT2D eigenvalue weighted by Gasteiger charge is -2.37. The SMILES string of the molecule is O=C1O[C@H]2Cc3ccccc3[C@H]2N1C1CCN(Cc2ccoc2)CC1. The lowest BCUT2D eigenvalue weighted by molar-refractivity contribution is 0.103. The van der Waals surface area contributed by atoms with Crippen LogP contribution in [0.2, 0.25) is 0 Å². The van der Waals surface area contributed by atoms with Gasteiger partial charge >= 0.3 is 6.09 Å². The molecular formula is C20H22N2O3. The van der Waals surface area contributed by atoms with Crippen LogP contribution in [0.3, 0.4) is 0 Å². The van der Waals surface area contributed by atoms with Gasteiger partial charge < -0.3 is 9.15 Å². The van der Waals surface area contributed by atoms with E-state index in [9.17, 15) is 4.79 Å². The molecule has 130 valence electrons. The van der Waals surface area contributed by atoms with Crippen LogP contribution in [0.4, 0.5) is 4.79 Å². The van der Waals surface area contributed by atoms with E-state index in [1.165, 1.54) is 16.7 Å². The third-order valence-corrected chi connectivity index (χ3v) is 5.85. The van der Waals surface area contributed by atoms with Gasteiger partial charge in [-0.25, -0.2) is 4.79 Å². The van der Waals surface area contributed by atoms with Crippen molar-refractivity contribution in [3.05, 3.63) is 59.5 Å². The maximum absolute atomic E-state index is 12.5. The first kappa shape index (κ1) is 15.0. The number of hydrogen-bond acceptors (Lipinski definition) is 4. The van der Waals surface area contributed by atoms with Crippen molar-refractivity contribution in [3.63, 3.8) is 0 Å². The van der Waals surface area contributed by atoms with Gasteiger partial charge in [-0.15, -0.1) is 0 Å². The van der Waals surface area contributed by atoms with Crippen LogP contribution in [0, 0.1) is 0 Å². The maximum Gasteiger partial charge on any atom is 0.411 e. The van der Waals surface area contributed by atoms with Crippen molar-refractivity contribution in [1.29, 1.82) is 0 Å². The number of carbonyl (C=O) groups is 1. The Morgan fingerprint density at radius 3 is 2.76 bits per heavy atom. The third-order valence-electron chi connectivity index (χ3n) is 5.85. The molecule has 3 heterocycles. The molecule has 0 saturated carbocycles. The van der Waals surface area contributed by atoms with Crippen molar-refractivity contribution in [2.45, 2.75) is 44.0 Å². The largest absolute Gasteiger partial charge is 0.472 e. The van der Waals surface area contributed by atoms with E-state index < -0.39 is 0 Å². The fourth-order valence-corrected chi connectivity index (χ4v) is 4.65. The monoisotopic (exact) mass is 338 g/mol. The molecule has 2 fully saturated rings. The predicted molar refractivity (Wildman–Crippen MR) is 92.0 cm³/mol. The second-order valence-corrected chi connectivity index (χ2v) is 7.32. The van der Waals surface area contributed by atoms with E-state index in [4.69, 9.17) is 9.15 Å². The highest BCUT2D eigenvalue weighted by molar-refractivity contribution is 5.72. The van der Waals surface area contributed by atoms with Crippen LogP contribution in [0.25, 0.3) is 0 Å². The van der Waals surface area contributed by atoms with Crippen molar-refractivity contribution < 1.29 is 13.9 Å². The second kappa shape index (κ2) is 5.92. The molecule has 2 aromatic rings. The summed E-state index contributed by atoms with van der Waals surface area (Å²) in [5.74, 6) is 0. The van der Waals surface area contributed by atoms with Crippen molar-refractivity contribution in [2.75, 3.05) is 13.1 Å². The zero-order valence-electron chi connectivity index (χ0n) is 14.1. The molecule has 1 aliphatic carbocycles. The number of carbonyl (C=O) groups excluding carboxylic acids is 1. The predicted octanol–water partition coefficient (Wildman–Crippen LogP) is 3.36. The summed E-state index contributed by atoms with van der Waals surface area (Å²) in [7, 11) is 0. The molecule has 25 heavy (non-hydrogen) atoms. The van der Waals surface area contributed by atoms with Gasteiger partial charge in [0.25, 0.3) is 0 Å². The Bertz CT molecular complexity index is 765. The van der Waals surface area contributed by atoms with Gasteiger partial charge in [-0.05, 0) is 30.0 Å². The third kappa shape index (κ3) is 2.54. The summed E-state index contributed by atoms with van der Waals surface area (Å²) < 4.78 is 10.9. The van der Waals surface area contributed by atoms with Crippen LogP contribution in [0.5, 0.6) is 0 Å². The van der Waals surface area contributed by atoms with Crippen molar-refractivity contribution in [1.82, 2.24) is 9.80 Å². The van der Waals surface area contributed by atoms with Gasteiger partial charge in [0.2, 0.25) is 0 Å². The molecule has 5 heteroatoms.